The van der Waals surface area contributed by atoms with Crippen molar-refractivity contribution in [3.05, 3.63) is 71.2 Å². The predicted octanol–water partition coefficient (Wildman–Crippen LogP) is 4.92. The molecule has 0 saturated heterocycles. The fourth-order valence-corrected chi connectivity index (χ4v) is 4.04. The van der Waals surface area contributed by atoms with E-state index in [2.05, 4.69) is 20.1 Å². The zero-order valence-corrected chi connectivity index (χ0v) is 17.6. The summed E-state index contributed by atoms with van der Waals surface area (Å²) in [5.41, 5.74) is 4.66. The van der Waals surface area contributed by atoms with Gasteiger partial charge in [-0.25, -0.2) is 4.98 Å². The minimum Gasteiger partial charge on any atom is -0.421 e. The number of nitrogens with zero attached hydrogens (tertiary/aromatic N) is 4. The molecule has 3 heterocycles. The van der Waals surface area contributed by atoms with Gasteiger partial charge >= 0.3 is 0 Å². The Morgan fingerprint density at radius 3 is 2.68 bits per heavy atom. The second-order valence-electron chi connectivity index (χ2n) is 7.12. The summed E-state index contributed by atoms with van der Waals surface area (Å²) in [7, 11) is 2.00. The van der Waals surface area contributed by atoms with Crippen molar-refractivity contribution in [3.8, 4) is 22.8 Å². The maximum Gasteiger partial charge on any atom is 0.248 e. The van der Waals surface area contributed by atoms with Gasteiger partial charge < -0.3 is 14.3 Å². The number of rotatable bonds is 6. The fraction of sp³-hybridized carbons (Fsp3) is 0.130. The number of imidazole rings is 1. The second-order valence-corrected chi connectivity index (χ2v) is 7.90. The smallest absolute Gasteiger partial charge is 0.248 e. The molecular weight excluding hydrogens is 410 g/mol. The number of carbonyl (C=O) groups excluding carboxylic acids is 1. The molecule has 0 aliphatic heterocycles. The molecule has 0 saturated carbocycles. The second kappa shape index (κ2) is 8.16. The van der Waals surface area contributed by atoms with Gasteiger partial charge in [-0.1, -0.05) is 12.1 Å². The van der Waals surface area contributed by atoms with Crippen molar-refractivity contribution < 1.29 is 9.21 Å². The first-order valence-electron chi connectivity index (χ1n) is 9.84. The summed E-state index contributed by atoms with van der Waals surface area (Å²) >= 11 is 1.57. The van der Waals surface area contributed by atoms with Gasteiger partial charge in [-0.2, -0.15) is 11.3 Å². The average Bonchev–Trinajstić information content (AvgIpc) is 3.54. The molecule has 31 heavy (non-hydrogen) atoms. The zero-order valence-electron chi connectivity index (χ0n) is 16.8. The molecule has 8 heteroatoms. The molecule has 1 amide bonds. The van der Waals surface area contributed by atoms with Crippen molar-refractivity contribution in [2.75, 3.05) is 5.32 Å². The molecule has 0 bridgehead atoms. The monoisotopic (exact) mass is 429 g/mol. The Hall–Kier alpha value is -3.78. The van der Waals surface area contributed by atoms with Crippen LogP contribution in [0.3, 0.4) is 0 Å². The third-order valence-electron chi connectivity index (χ3n) is 5.01. The van der Waals surface area contributed by atoms with E-state index in [4.69, 9.17) is 9.40 Å². The number of carbonyl (C=O) groups is 1. The molecule has 3 aromatic heterocycles. The molecule has 5 aromatic rings. The number of para-hydroxylation sites is 2. The van der Waals surface area contributed by atoms with E-state index in [0.29, 0.717) is 18.2 Å². The molecule has 0 fully saturated rings. The lowest BCUT2D eigenvalue weighted by Crippen LogP contribution is -2.12. The summed E-state index contributed by atoms with van der Waals surface area (Å²) in [5, 5.41) is 14.9. The van der Waals surface area contributed by atoms with E-state index in [1.165, 1.54) is 0 Å². The number of amides is 1. The molecule has 7 nitrogen and oxygen atoms in total. The Kier molecular flexibility index (Phi) is 5.05. The summed E-state index contributed by atoms with van der Waals surface area (Å²) in [6.45, 7) is 0. The molecule has 2 aromatic carbocycles. The highest BCUT2D eigenvalue weighted by atomic mass is 32.1. The van der Waals surface area contributed by atoms with Crippen LogP contribution >= 0.6 is 11.3 Å². The van der Waals surface area contributed by atoms with Crippen molar-refractivity contribution in [2.45, 2.75) is 12.8 Å². The van der Waals surface area contributed by atoms with Gasteiger partial charge in [0.15, 0.2) is 0 Å². The van der Waals surface area contributed by atoms with Crippen molar-refractivity contribution in [1.29, 1.82) is 0 Å². The van der Waals surface area contributed by atoms with E-state index in [9.17, 15) is 4.79 Å². The number of nitrogens with one attached hydrogen (secondary N) is 1. The van der Waals surface area contributed by atoms with E-state index in [1.54, 1.807) is 11.3 Å². The Balaban J connectivity index is 1.21. The van der Waals surface area contributed by atoms with Crippen LogP contribution in [0.4, 0.5) is 5.69 Å². The van der Waals surface area contributed by atoms with Crippen molar-refractivity contribution in [2.24, 2.45) is 7.05 Å². The highest BCUT2D eigenvalue weighted by molar-refractivity contribution is 7.08. The van der Waals surface area contributed by atoms with Gasteiger partial charge in [-0.15, -0.1) is 10.2 Å². The van der Waals surface area contributed by atoms with E-state index in [0.717, 1.165) is 33.7 Å². The number of thiophene rings is 1. The number of aryl methyl sites for hydroxylation is 2. The Morgan fingerprint density at radius 2 is 1.90 bits per heavy atom. The highest BCUT2D eigenvalue weighted by Gasteiger charge is 2.12. The van der Waals surface area contributed by atoms with Crippen LogP contribution < -0.4 is 5.32 Å². The van der Waals surface area contributed by atoms with Crippen molar-refractivity contribution in [3.63, 3.8) is 0 Å². The van der Waals surface area contributed by atoms with Crippen molar-refractivity contribution in [1.82, 2.24) is 19.7 Å². The van der Waals surface area contributed by atoms with E-state index >= 15 is 0 Å². The summed E-state index contributed by atoms with van der Waals surface area (Å²) in [6.07, 6.45) is 0.651. The first-order chi connectivity index (χ1) is 15.2. The van der Waals surface area contributed by atoms with E-state index in [1.807, 2.05) is 72.4 Å². The lowest BCUT2D eigenvalue weighted by molar-refractivity contribution is -0.116. The summed E-state index contributed by atoms with van der Waals surface area (Å²) in [4.78, 5) is 17.0. The fourth-order valence-electron chi connectivity index (χ4n) is 3.41. The van der Waals surface area contributed by atoms with Gasteiger partial charge in [0.05, 0.1) is 11.0 Å². The Morgan fingerprint density at radius 1 is 1.06 bits per heavy atom. The maximum atomic E-state index is 12.3. The first kappa shape index (κ1) is 19.2. The number of anilines is 1. The van der Waals surface area contributed by atoms with Gasteiger partial charge in [-0.05, 0) is 47.8 Å². The van der Waals surface area contributed by atoms with Crippen LogP contribution in [0, 0.1) is 0 Å². The molecule has 0 aliphatic rings. The van der Waals surface area contributed by atoms with E-state index < -0.39 is 0 Å². The third kappa shape index (κ3) is 3.97. The lowest BCUT2D eigenvalue weighted by atomic mass is 10.2. The molecule has 0 atom stereocenters. The third-order valence-corrected chi connectivity index (χ3v) is 5.70. The topological polar surface area (TPSA) is 85.8 Å². The minimum absolute atomic E-state index is 0.106. The normalized spacial score (nSPS) is 11.1. The molecule has 0 radical (unpaired) electrons. The Labute approximate surface area is 182 Å². The van der Waals surface area contributed by atoms with Gasteiger partial charge in [0.1, 0.15) is 5.82 Å². The van der Waals surface area contributed by atoms with Crippen LogP contribution in [0.5, 0.6) is 0 Å². The van der Waals surface area contributed by atoms with Crippen LogP contribution in [0.2, 0.25) is 0 Å². The standard InChI is InChI=1S/C23H19N5O2S/c1-28-19-5-3-2-4-18(19)25-22(28)15-6-8-17(9-7-15)24-20(29)10-11-21-26-27-23(30-21)16-12-13-31-14-16/h2-9,12-14H,10-11H2,1H3,(H,24,29). The highest BCUT2D eigenvalue weighted by Crippen LogP contribution is 2.25. The van der Waals surface area contributed by atoms with Gasteiger partial charge in [0.2, 0.25) is 17.7 Å². The molecule has 154 valence electrons. The lowest BCUT2D eigenvalue weighted by Gasteiger charge is -2.06. The van der Waals surface area contributed by atoms with Gasteiger partial charge in [0.25, 0.3) is 0 Å². The van der Waals surface area contributed by atoms with Gasteiger partial charge in [-0.3, -0.25) is 4.79 Å². The molecule has 0 aliphatic carbocycles. The summed E-state index contributed by atoms with van der Waals surface area (Å²) in [5.74, 6) is 1.71. The molecule has 0 spiro atoms. The average molecular weight is 430 g/mol. The molecule has 1 N–H and O–H groups in total. The van der Waals surface area contributed by atoms with Crippen LogP contribution in [-0.2, 0) is 18.3 Å². The number of hydrogen-bond donors (Lipinski definition) is 1. The van der Waals surface area contributed by atoms with Crippen LogP contribution in [0.15, 0.2) is 69.8 Å². The predicted molar refractivity (Wildman–Crippen MR) is 121 cm³/mol. The quantitative estimate of drug-likeness (QED) is 0.414. The molecular formula is C23H19N5O2S. The zero-order chi connectivity index (χ0) is 21.2. The number of hydrogen-bond acceptors (Lipinski definition) is 6. The minimum atomic E-state index is -0.106. The van der Waals surface area contributed by atoms with Crippen LogP contribution in [0.25, 0.3) is 33.9 Å². The summed E-state index contributed by atoms with van der Waals surface area (Å²) < 4.78 is 7.69. The summed E-state index contributed by atoms with van der Waals surface area (Å²) in [6, 6.07) is 17.6. The van der Waals surface area contributed by atoms with Crippen LogP contribution in [0.1, 0.15) is 12.3 Å². The van der Waals surface area contributed by atoms with Crippen molar-refractivity contribution >= 4 is 34.0 Å². The molecule has 0 unspecified atom stereocenters. The first-order valence-corrected chi connectivity index (χ1v) is 10.8. The largest absolute Gasteiger partial charge is 0.421 e. The Bertz CT molecular complexity index is 1340. The number of aromatic nitrogens is 4. The SMILES string of the molecule is Cn1c(-c2ccc(NC(=O)CCc3nnc(-c4ccsc4)o3)cc2)nc2ccccc21. The number of fused-ring (bicyclic) bond motifs is 1. The van der Waals surface area contributed by atoms with Crippen LogP contribution in [-0.4, -0.2) is 25.7 Å². The van der Waals surface area contributed by atoms with Gasteiger partial charge in [0, 0.05) is 42.1 Å². The maximum absolute atomic E-state index is 12.3. The van der Waals surface area contributed by atoms with E-state index in [-0.39, 0.29) is 12.3 Å². The number of benzene rings is 2. The molecule has 5 rings (SSSR count).